The van der Waals surface area contributed by atoms with Crippen molar-refractivity contribution < 1.29 is 14.3 Å². The van der Waals surface area contributed by atoms with Crippen LogP contribution in [0.2, 0.25) is 0 Å². The molecule has 3 aromatic rings. The fraction of sp³-hybridized carbons (Fsp3) is 0.400. The van der Waals surface area contributed by atoms with Crippen molar-refractivity contribution in [3.8, 4) is 11.4 Å². The van der Waals surface area contributed by atoms with Gasteiger partial charge in [-0.25, -0.2) is 13.9 Å². The Balaban J connectivity index is 1.93. The standard InChI is InChI=1S/C20H26FN7O2/c1-11(2)26-13-7-14(15-9-24-18-6-5-17(22)27-28(15)18)23-8-12(13)19(29)25-10-16(21)20(3,4)30/h5-9,11,16,30H,10H2,1-4H3,(H2,22,27)(H,23,26)(H,25,29). The van der Waals surface area contributed by atoms with Gasteiger partial charge in [0.15, 0.2) is 5.65 Å². The van der Waals surface area contributed by atoms with Gasteiger partial charge in [-0.05, 0) is 45.9 Å². The smallest absolute Gasteiger partial charge is 0.255 e. The van der Waals surface area contributed by atoms with Crippen molar-refractivity contribution in [2.75, 3.05) is 17.6 Å². The zero-order valence-corrected chi connectivity index (χ0v) is 17.3. The van der Waals surface area contributed by atoms with Gasteiger partial charge in [-0.1, -0.05) is 0 Å². The lowest BCUT2D eigenvalue weighted by molar-refractivity contribution is -0.00177. The number of halogens is 1. The summed E-state index contributed by atoms with van der Waals surface area (Å²) in [6, 6.07) is 5.15. The number of rotatable bonds is 7. The Morgan fingerprint density at radius 2 is 2.03 bits per heavy atom. The molecule has 160 valence electrons. The topological polar surface area (TPSA) is 130 Å². The summed E-state index contributed by atoms with van der Waals surface area (Å²) in [5.41, 5.74) is 6.80. The molecule has 3 heterocycles. The minimum atomic E-state index is -1.61. The van der Waals surface area contributed by atoms with Gasteiger partial charge in [-0.3, -0.25) is 9.78 Å². The van der Waals surface area contributed by atoms with E-state index in [9.17, 15) is 14.3 Å². The molecular formula is C20H26FN7O2. The van der Waals surface area contributed by atoms with Crippen LogP contribution >= 0.6 is 0 Å². The third-order valence-corrected chi connectivity index (χ3v) is 4.45. The monoisotopic (exact) mass is 415 g/mol. The number of hydrogen-bond acceptors (Lipinski definition) is 7. The van der Waals surface area contributed by atoms with E-state index in [2.05, 4.69) is 25.7 Å². The molecular weight excluding hydrogens is 389 g/mol. The first-order valence-corrected chi connectivity index (χ1v) is 9.58. The lowest BCUT2D eigenvalue weighted by Gasteiger charge is -2.23. The first-order valence-electron chi connectivity index (χ1n) is 9.58. The van der Waals surface area contributed by atoms with Gasteiger partial charge in [0.25, 0.3) is 5.91 Å². The van der Waals surface area contributed by atoms with Crippen LogP contribution < -0.4 is 16.4 Å². The number of amides is 1. The number of aromatic nitrogens is 4. The van der Waals surface area contributed by atoms with Gasteiger partial charge in [-0.15, -0.1) is 5.10 Å². The van der Waals surface area contributed by atoms with Gasteiger partial charge in [0, 0.05) is 12.2 Å². The highest BCUT2D eigenvalue weighted by atomic mass is 19.1. The number of alkyl halides is 1. The zero-order valence-electron chi connectivity index (χ0n) is 17.3. The Morgan fingerprint density at radius 1 is 1.30 bits per heavy atom. The number of hydrogen-bond donors (Lipinski definition) is 4. The molecule has 0 aromatic carbocycles. The molecule has 1 amide bonds. The predicted molar refractivity (Wildman–Crippen MR) is 113 cm³/mol. The Hall–Kier alpha value is -3.27. The second-order valence-electron chi connectivity index (χ2n) is 7.92. The van der Waals surface area contributed by atoms with Gasteiger partial charge >= 0.3 is 0 Å². The fourth-order valence-corrected chi connectivity index (χ4v) is 2.80. The minimum absolute atomic E-state index is 0.0352. The maximum Gasteiger partial charge on any atom is 0.255 e. The highest BCUT2D eigenvalue weighted by molar-refractivity contribution is 6.00. The summed E-state index contributed by atoms with van der Waals surface area (Å²) in [5, 5.41) is 19.7. The van der Waals surface area contributed by atoms with E-state index in [0.717, 1.165) is 0 Å². The highest BCUT2D eigenvalue weighted by Crippen LogP contribution is 2.25. The second kappa shape index (κ2) is 8.23. The molecule has 0 aliphatic heterocycles. The minimum Gasteiger partial charge on any atom is -0.387 e. The lowest BCUT2D eigenvalue weighted by Crippen LogP contribution is -2.42. The number of nitrogens with zero attached hydrogens (tertiary/aromatic N) is 4. The summed E-state index contributed by atoms with van der Waals surface area (Å²) in [6.07, 6.45) is 1.43. The van der Waals surface area contributed by atoms with E-state index in [1.165, 1.54) is 20.0 Å². The average Bonchev–Trinajstić information content (AvgIpc) is 3.07. The molecule has 0 saturated carbocycles. The third-order valence-electron chi connectivity index (χ3n) is 4.45. The molecule has 10 heteroatoms. The molecule has 3 rings (SSSR count). The molecule has 30 heavy (non-hydrogen) atoms. The van der Waals surface area contributed by atoms with Gasteiger partial charge in [0.2, 0.25) is 0 Å². The maximum atomic E-state index is 14.0. The number of nitrogen functional groups attached to an aromatic ring is 1. The number of imidazole rings is 1. The average molecular weight is 415 g/mol. The van der Waals surface area contributed by atoms with Crippen LogP contribution in [0.4, 0.5) is 15.9 Å². The van der Waals surface area contributed by atoms with Crippen LogP contribution in [0.15, 0.2) is 30.6 Å². The largest absolute Gasteiger partial charge is 0.387 e. The van der Waals surface area contributed by atoms with E-state index in [-0.39, 0.29) is 18.2 Å². The van der Waals surface area contributed by atoms with Crippen LogP contribution in [0.25, 0.3) is 17.0 Å². The van der Waals surface area contributed by atoms with Crippen molar-refractivity contribution >= 4 is 23.1 Å². The molecule has 0 radical (unpaired) electrons. The second-order valence-corrected chi connectivity index (χ2v) is 7.92. The summed E-state index contributed by atoms with van der Waals surface area (Å²) >= 11 is 0. The number of pyridine rings is 1. The number of carbonyl (C=O) groups is 1. The van der Waals surface area contributed by atoms with Crippen LogP contribution in [0.3, 0.4) is 0 Å². The van der Waals surface area contributed by atoms with E-state index in [1.54, 1.807) is 28.9 Å². The molecule has 1 unspecified atom stereocenters. The molecule has 0 saturated heterocycles. The summed E-state index contributed by atoms with van der Waals surface area (Å²) < 4.78 is 15.6. The molecule has 1 atom stereocenters. The summed E-state index contributed by atoms with van der Waals surface area (Å²) in [4.78, 5) is 21.3. The van der Waals surface area contributed by atoms with E-state index in [0.29, 0.717) is 28.5 Å². The van der Waals surface area contributed by atoms with E-state index in [1.807, 2.05) is 13.8 Å². The molecule has 3 aromatic heterocycles. The Bertz CT molecular complexity index is 1060. The van der Waals surface area contributed by atoms with Crippen molar-refractivity contribution in [1.82, 2.24) is 24.9 Å². The fourth-order valence-electron chi connectivity index (χ4n) is 2.80. The Morgan fingerprint density at radius 3 is 2.70 bits per heavy atom. The number of nitrogens with one attached hydrogen (secondary N) is 2. The Labute approximate surface area is 173 Å². The molecule has 0 spiro atoms. The molecule has 9 nitrogen and oxygen atoms in total. The van der Waals surface area contributed by atoms with Gasteiger partial charge in [-0.2, -0.15) is 0 Å². The normalized spacial score (nSPS) is 12.9. The quantitative estimate of drug-likeness (QED) is 0.464. The number of nitrogens with two attached hydrogens (primary N) is 1. The first kappa shape index (κ1) is 21.4. The van der Waals surface area contributed by atoms with Crippen LogP contribution in [0.1, 0.15) is 38.1 Å². The SMILES string of the molecule is CC(C)Nc1cc(-c2cnc3ccc(N)nn23)ncc1C(=O)NCC(F)C(C)(C)O. The van der Waals surface area contributed by atoms with Gasteiger partial charge < -0.3 is 21.5 Å². The van der Waals surface area contributed by atoms with E-state index in [4.69, 9.17) is 5.73 Å². The van der Waals surface area contributed by atoms with Crippen molar-refractivity contribution in [3.05, 3.63) is 36.2 Å². The van der Waals surface area contributed by atoms with Crippen LogP contribution in [-0.4, -0.2) is 55.0 Å². The van der Waals surface area contributed by atoms with Gasteiger partial charge in [0.1, 0.15) is 17.7 Å². The number of anilines is 2. The lowest BCUT2D eigenvalue weighted by atomic mass is 10.0. The van der Waals surface area contributed by atoms with Crippen LogP contribution in [0, 0.1) is 0 Å². The predicted octanol–water partition coefficient (Wildman–Crippen LogP) is 2.03. The number of aliphatic hydroxyl groups is 1. The van der Waals surface area contributed by atoms with Crippen molar-refractivity contribution in [2.45, 2.75) is 45.5 Å². The van der Waals surface area contributed by atoms with E-state index >= 15 is 0 Å². The zero-order chi connectivity index (χ0) is 22.1. The van der Waals surface area contributed by atoms with Crippen molar-refractivity contribution in [3.63, 3.8) is 0 Å². The molecule has 5 N–H and O–H groups in total. The molecule has 0 aliphatic rings. The third kappa shape index (κ3) is 4.65. The summed E-state index contributed by atoms with van der Waals surface area (Å²) in [7, 11) is 0. The summed E-state index contributed by atoms with van der Waals surface area (Å²) in [5.74, 6) is -0.157. The number of carbonyl (C=O) groups excluding carboxylic acids is 1. The maximum absolute atomic E-state index is 14.0. The van der Waals surface area contributed by atoms with Crippen LogP contribution in [0.5, 0.6) is 0 Å². The first-order chi connectivity index (χ1) is 14.1. The number of fused-ring (bicyclic) bond motifs is 1. The molecule has 0 bridgehead atoms. The summed E-state index contributed by atoms with van der Waals surface area (Å²) in [6.45, 7) is 6.25. The van der Waals surface area contributed by atoms with Gasteiger partial charge in [0.05, 0.1) is 35.3 Å². The van der Waals surface area contributed by atoms with Crippen molar-refractivity contribution in [1.29, 1.82) is 0 Å². The Kier molecular flexibility index (Phi) is 5.88. The van der Waals surface area contributed by atoms with Crippen LogP contribution in [-0.2, 0) is 0 Å². The van der Waals surface area contributed by atoms with Crippen molar-refractivity contribution in [2.24, 2.45) is 0 Å². The van der Waals surface area contributed by atoms with E-state index < -0.39 is 17.7 Å². The molecule has 0 fully saturated rings. The molecule has 0 aliphatic carbocycles. The highest BCUT2D eigenvalue weighted by Gasteiger charge is 2.27.